The molecule has 2 aromatic carbocycles. The highest BCUT2D eigenvalue weighted by Gasteiger charge is 2.20. The second-order valence-corrected chi connectivity index (χ2v) is 5.71. The molecule has 2 aromatic rings. The van der Waals surface area contributed by atoms with Gasteiger partial charge in [0.2, 0.25) is 0 Å². The molecule has 3 nitrogen and oxygen atoms in total. The van der Waals surface area contributed by atoms with Crippen LogP contribution in [0.3, 0.4) is 0 Å². The number of hydrogen-bond acceptors (Lipinski definition) is 3. The molecule has 0 aliphatic carbocycles. The summed E-state index contributed by atoms with van der Waals surface area (Å²) in [5.74, 6) is 1.48. The minimum atomic E-state index is -0.0270. The minimum absolute atomic E-state index is 0.0270. The first-order valence-corrected chi connectivity index (χ1v) is 7.62. The summed E-state index contributed by atoms with van der Waals surface area (Å²) < 4.78 is 11.7. The molecule has 21 heavy (non-hydrogen) atoms. The summed E-state index contributed by atoms with van der Waals surface area (Å²) in [6.45, 7) is 0. The molecule has 0 heterocycles. The molecule has 0 fully saturated rings. The standard InChI is InChI=1S/C16H17BrClNO2/c1-19-15(10-5-4-6-11(18)9-10)12-7-8-13(20-2)14(17)16(12)21-3/h4-9,15,19H,1-3H3. The third kappa shape index (κ3) is 3.34. The largest absolute Gasteiger partial charge is 0.495 e. The Hall–Kier alpha value is -1.23. The van der Waals surface area contributed by atoms with Gasteiger partial charge in [-0.05, 0) is 52.8 Å². The fourth-order valence-corrected chi connectivity index (χ4v) is 3.22. The Morgan fingerprint density at radius 2 is 1.90 bits per heavy atom. The molecule has 0 spiro atoms. The normalized spacial score (nSPS) is 12.0. The van der Waals surface area contributed by atoms with Crippen molar-refractivity contribution in [1.29, 1.82) is 0 Å². The molecule has 112 valence electrons. The Morgan fingerprint density at radius 1 is 1.14 bits per heavy atom. The smallest absolute Gasteiger partial charge is 0.141 e. The van der Waals surface area contributed by atoms with E-state index < -0.39 is 0 Å². The molecule has 1 N–H and O–H groups in total. The fraction of sp³-hybridized carbons (Fsp3) is 0.250. The van der Waals surface area contributed by atoms with E-state index in [1.54, 1.807) is 14.2 Å². The number of nitrogens with one attached hydrogen (secondary N) is 1. The Balaban J connectivity index is 2.55. The van der Waals surface area contributed by atoms with Crippen LogP contribution >= 0.6 is 27.5 Å². The van der Waals surface area contributed by atoms with Gasteiger partial charge in [-0.25, -0.2) is 0 Å². The molecular formula is C16H17BrClNO2. The molecule has 2 rings (SSSR count). The summed E-state index contributed by atoms with van der Waals surface area (Å²) in [6, 6.07) is 11.7. The predicted molar refractivity (Wildman–Crippen MR) is 89.6 cm³/mol. The lowest BCUT2D eigenvalue weighted by atomic mass is 9.98. The van der Waals surface area contributed by atoms with Crippen LogP contribution in [0.1, 0.15) is 17.2 Å². The second kappa shape index (κ2) is 7.16. The van der Waals surface area contributed by atoms with Gasteiger partial charge in [0.15, 0.2) is 0 Å². The number of hydrogen-bond donors (Lipinski definition) is 1. The molecule has 0 aliphatic rings. The van der Waals surface area contributed by atoms with Crippen LogP contribution in [-0.4, -0.2) is 21.3 Å². The van der Waals surface area contributed by atoms with Crippen molar-refractivity contribution >= 4 is 27.5 Å². The van der Waals surface area contributed by atoms with E-state index in [4.69, 9.17) is 21.1 Å². The number of halogens is 2. The van der Waals surface area contributed by atoms with Crippen molar-refractivity contribution in [3.8, 4) is 11.5 Å². The average Bonchev–Trinajstić information content (AvgIpc) is 2.48. The van der Waals surface area contributed by atoms with Crippen molar-refractivity contribution in [2.45, 2.75) is 6.04 Å². The molecule has 0 radical (unpaired) electrons. The zero-order chi connectivity index (χ0) is 15.4. The Morgan fingerprint density at radius 3 is 2.48 bits per heavy atom. The van der Waals surface area contributed by atoms with Crippen molar-refractivity contribution in [2.24, 2.45) is 0 Å². The Kier molecular flexibility index (Phi) is 5.51. The van der Waals surface area contributed by atoms with E-state index in [2.05, 4.69) is 21.2 Å². The van der Waals surface area contributed by atoms with Crippen LogP contribution in [0.2, 0.25) is 5.02 Å². The summed E-state index contributed by atoms with van der Waals surface area (Å²) in [6.07, 6.45) is 0. The van der Waals surface area contributed by atoms with Crippen LogP contribution in [-0.2, 0) is 0 Å². The molecule has 0 bridgehead atoms. The number of benzene rings is 2. The Labute approximate surface area is 138 Å². The summed E-state index contributed by atoms with van der Waals surface area (Å²) in [4.78, 5) is 0. The van der Waals surface area contributed by atoms with Gasteiger partial charge in [-0.2, -0.15) is 0 Å². The highest BCUT2D eigenvalue weighted by molar-refractivity contribution is 9.10. The SMILES string of the molecule is CNC(c1cccc(Cl)c1)c1ccc(OC)c(Br)c1OC. The van der Waals surface area contributed by atoms with Crippen LogP contribution in [0.15, 0.2) is 40.9 Å². The lowest BCUT2D eigenvalue weighted by Gasteiger charge is -2.22. The maximum Gasteiger partial charge on any atom is 0.141 e. The monoisotopic (exact) mass is 369 g/mol. The third-order valence-corrected chi connectivity index (χ3v) is 4.28. The van der Waals surface area contributed by atoms with E-state index in [9.17, 15) is 0 Å². The van der Waals surface area contributed by atoms with Crippen molar-refractivity contribution in [3.05, 3.63) is 57.0 Å². The van der Waals surface area contributed by atoms with E-state index in [1.165, 1.54) is 0 Å². The minimum Gasteiger partial charge on any atom is -0.495 e. The van der Waals surface area contributed by atoms with Gasteiger partial charge in [-0.3, -0.25) is 0 Å². The number of ether oxygens (including phenoxy) is 2. The lowest BCUT2D eigenvalue weighted by molar-refractivity contribution is 0.383. The maximum absolute atomic E-state index is 6.10. The van der Waals surface area contributed by atoms with Gasteiger partial charge in [-0.15, -0.1) is 0 Å². The highest BCUT2D eigenvalue weighted by atomic mass is 79.9. The lowest BCUT2D eigenvalue weighted by Crippen LogP contribution is -2.18. The highest BCUT2D eigenvalue weighted by Crippen LogP contribution is 2.41. The molecule has 0 amide bonds. The quantitative estimate of drug-likeness (QED) is 0.844. The van der Waals surface area contributed by atoms with Crippen molar-refractivity contribution in [2.75, 3.05) is 21.3 Å². The van der Waals surface area contributed by atoms with Crippen molar-refractivity contribution in [3.63, 3.8) is 0 Å². The molecular weight excluding hydrogens is 354 g/mol. The third-order valence-electron chi connectivity index (χ3n) is 3.30. The van der Waals surface area contributed by atoms with Gasteiger partial charge >= 0.3 is 0 Å². The zero-order valence-corrected chi connectivity index (χ0v) is 14.5. The summed E-state index contributed by atoms with van der Waals surface area (Å²) in [7, 11) is 5.18. The first-order valence-electron chi connectivity index (χ1n) is 6.45. The van der Waals surface area contributed by atoms with Gasteiger partial charge in [0.25, 0.3) is 0 Å². The van der Waals surface area contributed by atoms with E-state index in [0.717, 1.165) is 27.1 Å². The van der Waals surface area contributed by atoms with Gasteiger partial charge < -0.3 is 14.8 Å². The summed E-state index contributed by atoms with van der Waals surface area (Å²) >= 11 is 9.63. The van der Waals surface area contributed by atoms with E-state index in [1.807, 2.05) is 43.4 Å². The average molecular weight is 371 g/mol. The van der Waals surface area contributed by atoms with Gasteiger partial charge in [-0.1, -0.05) is 23.7 Å². The maximum atomic E-state index is 6.10. The first kappa shape index (κ1) is 16.1. The van der Waals surface area contributed by atoms with E-state index in [0.29, 0.717) is 5.02 Å². The molecule has 0 saturated carbocycles. The fourth-order valence-electron chi connectivity index (χ4n) is 2.33. The van der Waals surface area contributed by atoms with Crippen LogP contribution in [0.5, 0.6) is 11.5 Å². The number of methoxy groups -OCH3 is 2. The molecule has 1 unspecified atom stereocenters. The van der Waals surface area contributed by atoms with E-state index in [-0.39, 0.29) is 6.04 Å². The summed E-state index contributed by atoms with van der Waals surface area (Å²) in [5, 5.41) is 4.01. The van der Waals surface area contributed by atoms with Gasteiger partial charge in [0.05, 0.1) is 20.3 Å². The molecule has 0 aromatic heterocycles. The zero-order valence-electron chi connectivity index (χ0n) is 12.1. The van der Waals surface area contributed by atoms with E-state index >= 15 is 0 Å². The molecule has 5 heteroatoms. The van der Waals surface area contributed by atoms with Crippen LogP contribution in [0.25, 0.3) is 0 Å². The first-order chi connectivity index (χ1) is 10.1. The van der Waals surface area contributed by atoms with Crippen molar-refractivity contribution < 1.29 is 9.47 Å². The van der Waals surface area contributed by atoms with Crippen LogP contribution < -0.4 is 14.8 Å². The summed E-state index contributed by atoms with van der Waals surface area (Å²) in [5.41, 5.74) is 2.08. The topological polar surface area (TPSA) is 30.5 Å². The number of rotatable bonds is 5. The van der Waals surface area contributed by atoms with Gasteiger partial charge in [0.1, 0.15) is 16.0 Å². The molecule has 0 saturated heterocycles. The molecule has 0 aliphatic heterocycles. The van der Waals surface area contributed by atoms with Gasteiger partial charge in [0, 0.05) is 10.6 Å². The predicted octanol–water partition coefficient (Wildman–Crippen LogP) is 4.43. The molecule has 1 atom stereocenters. The van der Waals surface area contributed by atoms with Crippen molar-refractivity contribution in [1.82, 2.24) is 5.32 Å². The second-order valence-electron chi connectivity index (χ2n) is 4.48. The van der Waals surface area contributed by atoms with Crippen LogP contribution in [0.4, 0.5) is 0 Å². The Bertz CT molecular complexity index is 634. The van der Waals surface area contributed by atoms with Crippen LogP contribution in [0, 0.1) is 0 Å².